The van der Waals surface area contributed by atoms with Gasteiger partial charge in [0.15, 0.2) is 0 Å². The molecular weight excluding hydrogens is 316 g/mol. The number of fused-ring (bicyclic) bond motifs is 1. The number of halogens is 1. The van der Waals surface area contributed by atoms with Crippen molar-refractivity contribution in [3.63, 3.8) is 0 Å². The highest BCUT2D eigenvalue weighted by Crippen LogP contribution is 2.32. The Bertz CT molecular complexity index is 622. The van der Waals surface area contributed by atoms with Crippen molar-refractivity contribution >= 4 is 15.9 Å². The third-order valence-corrected chi connectivity index (χ3v) is 4.35. The molecule has 2 nitrogen and oxygen atoms in total. The maximum atomic E-state index is 9.11. The Labute approximate surface area is 127 Å². The molecule has 0 fully saturated rings. The van der Waals surface area contributed by atoms with Gasteiger partial charge in [0.1, 0.15) is 11.5 Å². The zero-order chi connectivity index (χ0) is 13.9. The van der Waals surface area contributed by atoms with Gasteiger partial charge in [0, 0.05) is 0 Å². The van der Waals surface area contributed by atoms with E-state index in [2.05, 4.69) is 28.1 Å². The first-order chi connectivity index (χ1) is 9.76. The summed E-state index contributed by atoms with van der Waals surface area (Å²) in [5, 5.41) is 9.11. The van der Waals surface area contributed by atoms with Crippen LogP contribution in [0.5, 0.6) is 11.5 Å². The van der Waals surface area contributed by atoms with Crippen LogP contribution in [0.25, 0.3) is 0 Å². The van der Waals surface area contributed by atoms with E-state index >= 15 is 0 Å². The second kappa shape index (κ2) is 5.98. The van der Waals surface area contributed by atoms with Gasteiger partial charge in [-0.2, -0.15) is 0 Å². The van der Waals surface area contributed by atoms with Crippen molar-refractivity contribution in [3.05, 3.63) is 57.6 Å². The van der Waals surface area contributed by atoms with E-state index < -0.39 is 0 Å². The van der Waals surface area contributed by atoms with Crippen LogP contribution in [0.4, 0.5) is 0 Å². The lowest BCUT2D eigenvalue weighted by molar-refractivity contribution is 0.281. The van der Waals surface area contributed by atoms with Gasteiger partial charge in [0.25, 0.3) is 0 Å². The monoisotopic (exact) mass is 332 g/mol. The molecule has 0 bridgehead atoms. The number of aliphatic hydroxyl groups is 1. The first-order valence-corrected chi connectivity index (χ1v) is 7.74. The highest BCUT2D eigenvalue weighted by Gasteiger charge is 2.11. The lowest BCUT2D eigenvalue weighted by Crippen LogP contribution is -2.02. The second-order valence-corrected chi connectivity index (χ2v) is 6.02. The Hall–Kier alpha value is -1.32. The first kappa shape index (κ1) is 13.7. The van der Waals surface area contributed by atoms with E-state index in [-0.39, 0.29) is 6.61 Å². The van der Waals surface area contributed by atoms with Gasteiger partial charge in [0.05, 0.1) is 11.1 Å². The van der Waals surface area contributed by atoms with Crippen LogP contribution in [0.1, 0.15) is 29.5 Å². The minimum Gasteiger partial charge on any atom is -0.456 e. The molecule has 2 aromatic carbocycles. The highest BCUT2D eigenvalue weighted by molar-refractivity contribution is 9.10. The molecule has 1 N–H and O–H groups in total. The van der Waals surface area contributed by atoms with Crippen molar-refractivity contribution in [1.82, 2.24) is 0 Å². The van der Waals surface area contributed by atoms with Gasteiger partial charge in [-0.25, -0.2) is 0 Å². The molecule has 1 aliphatic rings. The summed E-state index contributed by atoms with van der Waals surface area (Å²) in [4.78, 5) is 0. The summed E-state index contributed by atoms with van der Waals surface area (Å²) in [5.74, 6) is 1.65. The Balaban J connectivity index is 1.84. The average molecular weight is 333 g/mol. The summed E-state index contributed by atoms with van der Waals surface area (Å²) in [7, 11) is 0. The molecule has 0 radical (unpaired) electrons. The van der Waals surface area contributed by atoms with Gasteiger partial charge in [-0.15, -0.1) is 0 Å². The Morgan fingerprint density at radius 2 is 1.80 bits per heavy atom. The van der Waals surface area contributed by atoms with Crippen LogP contribution in [0.15, 0.2) is 40.9 Å². The zero-order valence-electron chi connectivity index (χ0n) is 11.2. The van der Waals surface area contributed by atoms with Crippen LogP contribution in [0, 0.1) is 0 Å². The van der Waals surface area contributed by atoms with E-state index in [1.165, 1.54) is 30.4 Å². The summed E-state index contributed by atoms with van der Waals surface area (Å²) in [6.45, 7) is 0.0394. The van der Waals surface area contributed by atoms with Crippen molar-refractivity contribution < 1.29 is 9.84 Å². The quantitative estimate of drug-likeness (QED) is 0.889. The molecule has 0 aromatic heterocycles. The van der Waals surface area contributed by atoms with Crippen molar-refractivity contribution in [2.75, 3.05) is 0 Å². The van der Waals surface area contributed by atoms with Crippen LogP contribution in [0.3, 0.4) is 0 Å². The van der Waals surface area contributed by atoms with Crippen molar-refractivity contribution in [1.29, 1.82) is 0 Å². The Kier molecular flexibility index (Phi) is 4.08. The molecule has 0 unspecified atom stereocenters. The van der Waals surface area contributed by atoms with Crippen molar-refractivity contribution in [2.24, 2.45) is 0 Å². The number of rotatable bonds is 3. The summed E-state index contributed by atoms with van der Waals surface area (Å²) in [6, 6.07) is 12.0. The fourth-order valence-corrected chi connectivity index (χ4v) is 3.13. The largest absolute Gasteiger partial charge is 0.456 e. The molecule has 0 aliphatic heterocycles. The second-order valence-electron chi connectivity index (χ2n) is 5.16. The smallest absolute Gasteiger partial charge is 0.141 e. The van der Waals surface area contributed by atoms with E-state index in [1.807, 2.05) is 24.3 Å². The van der Waals surface area contributed by atoms with Crippen LogP contribution < -0.4 is 4.74 Å². The molecule has 0 spiro atoms. The van der Waals surface area contributed by atoms with E-state index in [1.54, 1.807) is 0 Å². The van der Waals surface area contributed by atoms with E-state index in [0.29, 0.717) is 0 Å². The fraction of sp³-hybridized carbons (Fsp3) is 0.294. The average Bonchev–Trinajstić information content (AvgIpc) is 2.49. The normalized spacial score (nSPS) is 13.9. The molecule has 1 aliphatic carbocycles. The maximum absolute atomic E-state index is 9.11. The summed E-state index contributed by atoms with van der Waals surface area (Å²) >= 11 is 3.48. The molecule has 20 heavy (non-hydrogen) atoms. The highest BCUT2D eigenvalue weighted by atomic mass is 79.9. The van der Waals surface area contributed by atoms with Gasteiger partial charge in [-0.05, 0) is 82.6 Å². The molecule has 0 saturated carbocycles. The predicted octanol–water partition coefficient (Wildman–Crippen LogP) is 4.61. The van der Waals surface area contributed by atoms with Crippen LogP contribution in [-0.2, 0) is 19.4 Å². The number of hydrogen-bond donors (Lipinski definition) is 1. The van der Waals surface area contributed by atoms with Crippen LogP contribution in [-0.4, -0.2) is 5.11 Å². The van der Waals surface area contributed by atoms with Gasteiger partial charge in [0.2, 0.25) is 0 Å². The van der Waals surface area contributed by atoms with Gasteiger partial charge in [-0.3, -0.25) is 0 Å². The SMILES string of the molecule is OCc1ccc(Oc2ccc3c(c2)CCCC3)c(Br)c1. The van der Waals surface area contributed by atoms with E-state index in [0.717, 1.165) is 28.0 Å². The maximum Gasteiger partial charge on any atom is 0.141 e. The Morgan fingerprint density at radius 3 is 2.55 bits per heavy atom. The van der Waals surface area contributed by atoms with Crippen LogP contribution >= 0.6 is 15.9 Å². The van der Waals surface area contributed by atoms with Crippen molar-refractivity contribution in [3.8, 4) is 11.5 Å². The van der Waals surface area contributed by atoms with Gasteiger partial charge >= 0.3 is 0 Å². The van der Waals surface area contributed by atoms with E-state index in [4.69, 9.17) is 9.84 Å². The summed E-state index contributed by atoms with van der Waals surface area (Å²) in [6.07, 6.45) is 4.90. The number of aliphatic hydroxyl groups excluding tert-OH is 1. The molecular formula is C17H17BrO2. The Morgan fingerprint density at radius 1 is 1.00 bits per heavy atom. The number of benzene rings is 2. The molecule has 0 atom stereocenters. The van der Waals surface area contributed by atoms with Gasteiger partial charge in [-0.1, -0.05) is 12.1 Å². The van der Waals surface area contributed by atoms with E-state index in [9.17, 15) is 0 Å². The number of aryl methyl sites for hydroxylation is 2. The number of hydrogen-bond acceptors (Lipinski definition) is 2. The molecule has 3 heteroatoms. The fourth-order valence-electron chi connectivity index (χ4n) is 2.63. The first-order valence-electron chi connectivity index (χ1n) is 6.95. The predicted molar refractivity (Wildman–Crippen MR) is 83.2 cm³/mol. The third-order valence-electron chi connectivity index (χ3n) is 3.73. The minimum absolute atomic E-state index is 0.0394. The lowest BCUT2D eigenvalue weighted by atomic mass is 9.92. The van der Waals surface area contributed by atoms with Crippen molar-refractivity contribution in [2.45, 2.75) is 32.3 Å². The molecule has 0 heterocycles. The topological polar surface area (TPSA) is 29.5 Å². The minimum atomic E-state index is 0.0394. The summed E-state index contributed by atoms with van der Waals surface area (Å²) in [5.41, 5.74) is 3.74. The van der Waals surface area contributed by atoms with Gasteiger partial charge < -0.3 is 9.84 Å². The van der Waals surface area contributed by atoms with Crippen LogP contribution in [0.2, 0.25) is 0 Å². The molecule has 104 valence electrons. The molecule has 0 amide bonds. The zero-order valence-corrected chi connectivity index (χ0v) is 12.8. The number of ether oxygens (including phenoxy) is 1. The summed E-state index contributed by atoms with van der Waals surface area (Å²) < 4.78 is 6.81. The third kappa shape index (κ3) is 2.89. The lowest BCUT2D eigenvalue weighted by Gasteiger charge is -2.17. The molecule has 3 rings (SSSR count). The molecule has 2 aromatic rings. The standard InChI is InChI=1S/C17H17BrO2/c18-16-9-12(11-19)5-8-17(16)20-15-7-6-13-3-1-2-4-14(13)10-15/h5-10,19H,1-4,11H2. The molecule has 0 saturated heterocycles.